The van der Waals surface area contributed by atoms with Crippen molar-refractivity contribution < 1.29 is 19.1 Å². The number of benzene rings is 2. The Bertz CT molecular complexity index is 939. The molecule has 1 heterocycles. The Morgan fingerprint density at radius 3 is 2.27 bits per heavy atom. The van der Waals surface area contributed by atoms with Crippen molar-refractivity contribution >= 4 is 28.7 Å². The third kappa shape index (κ3) is 5.33. The molecule has 7 nitrogen and oxygen atoms in total. The molecule has 0 spiro atoms. The quantitative estimate of drug-likeness (QED) is 0.710. The molecule has 30 heavy (non-hydrogen) atoms. The molecule has 1 atom stereocenters. The second kappa shape index (κ2) is 9.67. The summed E-state index contributed by atoms with van der Waals surface area (Å²) in [6.07, 6.45) is 0. The van der Waals surface area contributed by atoms with Gasteiger partial charge in [0.15, 0.2) is 5.17 Å². The molecule has 1 aliphatic heterocycles. The maximum absolute atomic E-state index is 11.9. The predicted octanol–water partition coefficient (Wildman–Crippen LogP) is 3.76. The minimum absolute atomic E-state index is 0.197. The van der Waals surface area contributed by atoms with Crippen LogP contribution in [0.15, 0.2) is 47.6 Å². The molecule has 2 aromatic rings. The number of carbonyl (C=O) groups is 2. The molecule has 158 valence electrons. The summed E-state index contributed by atoms with van der Waals surface area (Å²) in [5.74, 6) is 1.19. The number of amidine groups is 1. The summed E-state index contributed by atoms with van der Waals surface area (Å²) < 4.78 is 11.6. The van der Waals surface area contributed by atoms with Crippen molar-refractivity contribution in [2.45, 2.75) is 33.1 Å². The van der Waals surface area contributed by atoms with Gasteiger partial charge in [0, 0.05) is 13.8 Å². The number of amides is 2. The van der Waals surface area contributed by atoms with E-state index in [1.807, 2.05) is 56.3 Å². The van der Waals surface area contributed by atoms with Gasteiger partial charge in [-0.1, -0.05) is 42.1 Å². The first-order valence-electron chi connectivity index (χ1n) is 9.59. The first kappa shape index (κ1) is 21.7. The van der Waals surface area contributed by atoms with Crippen molar-refractivity contribution in [3.8, 4) is 11.5 Å². The molecule has 2 amide bonds. The maximum atomic E-state index is 11.9. The van der Waals surface area contributed by atoms with E-state index in [1.54, 1.807) is 0 Å². The van der Waals surface area contributed by atoms with Crippen LogP contribution in [0, 0.1) is 13.8 Å². The molecule has 0 aliphatic carbocycles. The fourth-order valence-electron chi connectivity index (χ4n) is 3.04. The van der Waals surface area contributed by atoms with Crippen LogP contribution in [-0.4, -0.2) is 35.2 Å². The zero-order valence-corrected chi connectivity index (χ0v) is 18.3. The monoisotopic (exact) mass is 427 g/mol. The van der Waals surface area contributed by atoms with E-state index in [0.29, 0.717) is 24.1 Å². The van der Waals surface area contributed by atoms with Crippen LogP contribution in [0.5, 0.6) is 11.5 Å². The van der Waals surface area contributed by atoms with E-state index >= 15 is 0 Å². The molecule has 2 aromatic carbocycles. The zero-order valence-electron chi connectivity index (χ0n) is 17.5. The molecule has 8 heteroatoms. The van der Waals surface area contributed by atoms with Gasteiger partial charge in [-0.2, -0.15) is 0 Å². The van der Waals surface area contributed by atoms with Crippen LogP contribution < -0.4 is 14.8 Å². The zero-order chi connectivity index (χ0) is 21.7. The minimum atomic E-state index is -0.328. The lowest BCUT2D eigenvalue weighted by molar-refractivity contribution is -0.129. The summed E-state index contributed by atoms with van der Waals surface area (Å²) in [7, 11) is 0. The van der Waals surface area contributed by atoms with Crippen LogP contribution in [0.4, 0.5) is 0 Å². The van der Waals surface area contributed by atoms with Crippen molar-refractivity contribution in [3.05, 3.63) is 59.2 Å². The Hall–Kier alpha value is -3.00. The number of rotatable bonds is 6. The first-order chi connectivity index (χ1) is 14.3. The van der Waals surface area contributed by atoms with E-state index in [0.717, 1.165) is 22.4 Å². The average Bonchev–Trinajstić information content (AvgIpc) is 3.11. The number of thioether (sulfide) groups is 1. The Morgan fingerprint density at radius 2 is 1.67 bits per heavy atom. The summed E-state index contributed by atoms with van der Waals surface area (Å²) in [6.45, 7) is 7.76. The topological polar surface area (TPSA) is 80.2 Å². The van der Waals surface area contributed by atoms with E-state index < -0.39 is 0 Å². The van der Waals surface area contributed by atoms with Gasteiger partial charge in [-0.15, -0.1) is 5.10 Å². The second-order valence-corrected chi connectivity index (χ2v) is 7.98. The number of hydrogen-bond acceptors (Lipinski definition) is 6. The van der Waals surface area contributed by atoms with E-state index in [9.17, 15) is 9.59 Å². The molecule has 0 unspecified atom stereocenters. The summed E-state index contributed by atoms with van der Waals surface area (Å²) in [5.41, 5.74) is 3.09. The Kier molecular flexibility index (Phi) is 6.99. The summed E-state index contributed by atoms with van der Waals surface area (Å²) in [5, 5.41) is 8.28. The smallest absolute Gasteiger partial charge is 0.241 e. The SMILES string of the molecule is CC(=O)NC1=NN(C(C)=O)[C@H](c2ccc(OCCOc3c(C)cccc3C)cc2)S1. The number of nitrogens with zero attached hydrogens (tertiary/aromatic N) is 2. The molecule has 0 bridgehead atoms. The fourth-order valence-corrected chi connectivity index (χ4v) is 4.18. The van der Waals surface area contributed by atoms with Crippen LogP contribution in [0.1, 0.15) is 35.9 Å². The van der Waals surface area contributed by atoms with E-state index in [4.69, 9.17) is 9.47 Å². The maximum Gasteiger partial charge on any atom is 0.241 e. The lowest BCUT2D eigenvalue weighted by Gasteiger charge is -2.19. The molecular formula is C22H25N3O4S. The Morgan fingerprint density at radius 1 is 1.03 bits per heavy atom. The summed E-state index contributed by atoms with van der Waals surface area (Å²) in [6, 6.07) is 13.5. The van der Waals surface area contributed by atoms with Gasteiger partial charge in [0.1, 0.15) is 30.1 Å². The number of hydrogen-bond donors (Lipinski definition) is 1. The summed E-state index contributed by atoms with van der Waals surface area (Å²) >= 11 is 1.32. The van der Waals surface area contributed by atoms with Gasteiger partial charge in [0.25, 0.3) is 0 Å². The molecular weight excluding hydrogens is 402 g/mol. The largest absolute Gasteiger partial charge is 0.490 e. The van der Waals surface area contributed by atoms with E-state index in [2.05, 4.69) is 10.4 Å². The molecule has 0 aromatic heterocycles. The molecule has 3 rings (SSSR count). The normalized spacial score (nSPS) is 15.5. The summed E-state index contributed by atoms with van der Waals surface area (Å²) in [4.78, 5) is 23.2. The van der Waals surface area contributed by atoms with Crippen LogP contribution >= 0.6 is 11.8 Å². The first-order valence-corrected chi connectivity index (χ1v) is 10.5. The van der Waals surface area contributed by atoms with Crippen molar-refractivity contribution in [3.63, 3.8) is 0 Å². The number of para-hydroxylation sites is 1. The predicted molar refractivity (Wildman–Crippen MR) is 117 cm³/mol. The molecule has 0 radical (unpaired) electrons. The van der Waals surface area contributed by atoms with Crippen molar-refractivity contribution in [1.82, 2.24) is 10.3 Å². The highest BCUT2D eigenvalue weighted by atomic mass is 32.2. The van der Waals surface area contributed by atoms with Gasteiger partial charge < -0.3 is 14.8 Å². The molecule has 0 saturated heterocycles. The van der Waals surface area contributed by atoms with Gasteiger partial charge in [-0.25, -0.2) is 5.01 Å². The van der Waals surface area contributed by atoms with Gasteiger partial charge in [0.05, 0.1) is 0 Å². The van der Waals surface area contributed by atoms with Gasteiger partial charge in [-0.05, 0) is 42.7 Å². The highest BCUT2D eigenvalue weighted by Crippen LogP contribution is 2.39. The average molecular weight is 428 g/mol. The Balaban J connectivity index is 1.56. The Labute approximate surface area is 180 Å². The van der Waals surface area contributed by atoms with E-state index in [1.165, 1.54) is 30.6 Å². The number of ether oxygens (including phenoxy) is 2. The van der Waals surface area contributed by atoms with Crippen LogP contribution in [0.25, 0.3) is 0 Å². The van der Waals surface area contributed by atoms with Crippen molar-refractivity contribution in [2.75, 3.05) is 13.2 Å². The number of carbonyl (C=O) groups excluding carboxylic acids is 2. The fraction of sp³-hybridized carbons (Fsp3) is 0.318. The number of aryl methyl sites for hydroxylation is 2. The lowest BCUT2D eigenvalue weighted by Crippen LogP contribution is -2.25. The number of nitrogens with one attached hydrogen (secondary N) is 1. The van der Waals surface area contributed by atoms with Crippen LogP contribution in [0.3, 0.4) is 0 Å². The van der Waals surface area contributed by atoms with Gasteiger partial charge in [0.2, 0.25) is 11.8 Å². The van der Waals surface area contributed by atoms with Crippen molar-refractivity contribution in [1.29, 1.82) is 0 Å². The van der Waals surface area contributed by atoms with Crippen LogP contribution in [-0.2, 0) is 9.59 Å². The van der Waals surface area contributed by atoms with Crippen molar-refractivity contribution in [2.24, 2.45) is 5.10 Å². The molecule has 1 N–H and O–H groups in total. The third-order valence-corrected chi connectivity index (χ3v) is 5.52. The van der Waals surface area contributed by atoms with Gasteiger partial charge in [-0.3, -0.25) is 9.59 Å². The van der Waals surface area contributed by atoms with Gasteiger partial charge >= 0.3 is 0 Å². The van der Waals surface area contributed by atoms with Crippen LogP contribution in [0.2, 0.25) is 0 Å². The highest BCUT2D eigenvalue weighted by Gasteiger charge is 2.32. The molecule has 1 aliphatic rings. The third-order valence-electron chi connectivity index (χ3n) is 4.42. The highest BCUT2D eigenvalue weighted by molar-refractivity contribution is 8.14. The number of hydrazone groups is 1. The van der Waals surface area contributed by atoms with E-state index in [-0.39, 0.29) is 17.2 Å². The molecule has 0 saturated carbocycles. The lowest BCUT2D eigenvalue weighted by atomic mass is 10.1. The molecule has 0 fully saturated rings. The second-order valence-electron chi connectivity index (χ2n) is 6.91. The standard InChI is InChI=1S/C22H25N3O4S/c1-14-6-5-7-15(2)20(14)29-13-12-28-19-10-8-18(9-11-19)21-25(17(4)27)24-22(30-21)23-16(3)26/h5-11,21H,12-13H2,1-4H3,(H,23,24,26)/t21-/m0/s1. The minimum Gasteiger partial charge on any atom is -0.490 e.